The van der Waals surface area contributed by atoms with Gasteiger partial charge in [-0.2, -0.15) is 0 Å². The molecule has 2 fully saturated rings. The molecule has 3 unspecified atom stereocenters. The summed E-state index contributed by atoms with van der Waals surface area (Å²) in [5, 5.41) is 5.14. The maximum absolute atomic E-state index is 12.6. The van der Waals surface area contributed by atoms with E-state index in [0.29, 0.717) is 17.9 Å². The van der Waals surface area contributed by atoms with Crippen LogP contribution in [0.4, 0.5) is 0 Å². The molecule has 0 spiro atoms. The molecule has 1 aliphatic heterocycles. The molecule has 2 heterocycles. The first-order chi connectivity index (χ1) is 11.7. The van der Waals surface area contributed by atoms with E-state index in [1.54, 1.807) is 11.3 Å². The van der Waals surface area contributed by atoms with Gasteiger partial charge in [-0.25, -0.2) is 0 Å². The molecule has 5 heteroatoms. The molecule has 1 aromatic carbocycles. The Morgan fingerprint density at radius 3 is 2.67 bits per heavy atom. The van der Waals surface area contributed by atoms with Gasteiger partial charge >= 0.3 is 0 Å². The summed E-state index contributed by atoms with van der Waals surface area (Å²) in [7, 11) is 0. The van der Waals surface area contributed by atoms with Crippen molar-refractivity contribution in [2.24, 2.45) is 5.92 Å². The maximum atomic E-state index is 12.6. The molecule has 24 heavy (non-hydrogen) atoms. The molecule has 124 valence electrons. The Bertz CT molecular complexity index is 729. The number of rotatable bonds is 4. The van der Waals surface area contributed by atoms with Gasteiger partial charge in [0.05, 0.1) is 12.5 Å². The first kappa shape index (κ1) is 15.4. The molecule has 2 aliphatic rings. The number of nitrogens with one attached hydrogen (secondary N) is 1. The molecule has 1 saturated carbocycles. The van der Waals surface area contributed by atoms with Crippen molar-refractivity contribution in [2.45, 2.75) is 31.3 Å². The minimum absolute atomic E-state index is 0.0428. The van der Waals surface area contributed by atoms with E-state index in [-0.39, 0.29) is 23.9 Å². The second kappa shape index (κ2) is 6.40. The first-order valence-corrected chi connectivity index (χ1v) is 9.26. The Morgan fingerprint density at radius 1 is 1.12 bits per heavy atom. The number of thiophene rings is 1. The van der Waals surface area contributed by atoms with Crippen LogP contribution in [0.15, 0.2) is 47.8 Å². The number of piperidine rings is 1. The van der Waals surface area contributed by atoms with Gasteiger partial charge in [0, 0.05) is 23.0 Å². The SMILES string of the molecule is O=C(NC1CC2CC1N(C(=O)Cc1cccs1)C2)c1ccccc1. The van der Waals surface area contributed by atoms with Gasteiger partial charge < -0.3 is 10.2 Å². The summed E-state index contributed by atoms with van der Waals surface area (Å²) >= 11 is 1.62. The lowest BCUT2D eigenvalue weighted by atomic mass is 10.0. The largest absolute Gasteiger partial charge is 0.347 e. The topological polar surface area (TPSA) is 49.4 Å². The third-order valence-electron chi connectivity index (χ3n) is 5.06. The first-order valence-electron chi connectivity index (χ1n) is 8.38. The molecular formula is C19H20N2O2S. The van der Waals surface area contributed by atoms with E-state index < -0.39 is 0 Å². The second-order valence-corrected chi connectivity index (χ2v) is 7.69. The predicted octanol–water partition coefficient (Wildman–Crippen LogP) is 2.71. The van der Waals surface area contributed by atoms with Gasteiger partial charge in [0.15, 0.2) is 0 Å². The van der Waals surface area contributed by atoms with Gasteiger partial charge in [0.2, 0.25) is 5.91 Å². The van der Waals surface area contributed by atoms with Crippen molar-refractivity contribution in [1.82, 2.24) is 10.2 Å². The summed E-state index contributed by atoms with van der Waals surface area (Å²) in [4.78, 5) is 28.1. The van der Waals surface area contributed by atoms with Crippen LogP contribution in [0.1, 0.15) is 28.1 Å². The predicted molar refractivity (Wildman–Crippen MR) is 93.9 cm³/mol. The van der Waals surface area contributed by atoms with E-state index in [2.05, 4.69) is 5.32 Å². The molecule has 2 amide bonds. The number of carbonyl (C=O) groups excluding carboxylic acids is 2. The second-order valence-electron chi connectivity index (χ2n) is 6.65. The highest BCUT2D eigenvalue weighted by Gasteiger charge is 2.47. The Kier molecular flexibility index (Phi) is 4.10. The van der Waals surface area contributed by atoms with Gasteiger partial charge in [-0.3, -0.25) is 9.59 Å². The molecule has 0 radical (unpaired) electrons. The van der Waals surface area contributed by atoms with Crippen LogP contribution in [0, 0.1) is 5.92 Å². The Hall–Kier alpha value is -2.14. The zero-order chi connectivity index (χ0) is 16.5. The molecule has 2 aromatic rings. The lowest BCUT2D eigenvalue weighted by Gasteiger charge is -2.33. The zero-order valence-corrected chi connectivity index (χ0v) is 14.2. The van der Waals surface area contributed by atoms with Crippen LogP contribution in [0.25, 0.3) is 0 Å². The average Bonchev–Trinajstić information content (AvgIpc) is 3.32. The third kappa shape index (κ3) is 2.96. The highest BCUT2D eigenvalue weighted by atomic mass is 32.1. The van der Waals surface area contributed by atoms with Crippen LogP contribution in [0.2, 0.25) is 0 Å². The lowest BCUT2D eigenvalue weighted by Crippen LogP contribution is -2.52. The normalized spacial score (nSPS) is 25.0. The van der Waals surface area contributed by atoms with Crippen molar-refractivity contribution in [3.05, 3.63) is 58.3 Å². The summed E-state index contributed by atoms with van der Waals surface area (Å²) in [5.74, 6) is 0.658. The summed E-state index contributed by atoms with van der Waals surface area (Å²) < 4.78 is 0. The standard InChI is InChI=1S/C19H20N2O2S/c22-18(11-15-7-4-8-24-15)21-12-13-9-16(17(21)10-13)20-19(23)14-5-2-1-3-6-14/h1-8,13,16-17H,9-12H2,(H,20,23). The van der Waals surface area contributed by atoms with Crippen LogP contribution in [-0.4, -0.2) is 35.3 Å². The molecule has 1 aliphatic carbocycles. The number of carbonyl (C=O) groups is 2. The highest BCUT2D eigenvalue weighted by Crippen LogP contribution is 2.38. The number of likely N-dealkylation sites (tertiary alicyclic amines) is 1. The van der Waals surface area contributed by atoms with Crippen molar-refractivity contribution in [3.63, 3.8) is 0 Å². The molecule has 3 atom stereocenters. The zero-order valence-electron chi connectivity index (χ0n) is 13.4. The number of fused-ring (bicyclic) bond motifs is 2. The van der Waals surface area contributed by atoms with Crippen molar-refractivity contribution in [2.75, 3.05) is 6.54 Å². The Morgan fingerprint density at radius 2 is 1.96 bits per heavy atom. The smallest absolute Gasteiger partial charge is 0.251 e. The van der Waals surface area contributed by atoms with Crippen LogP contribution >= 0.6 is 11.3 Å². The fourth-order valence-corrected chi connectivity index (χ4v) is 4.67. The third-order valence-corrected chi connectivity index (χ3v) is 5.94. The van der Waals surface area contributed by atoms with E-state index in [1.165, 1.54) is 0 Å². The van der Waals surface area contributed by atoms with Crippen molar-refractivity contribution >= 4 is 23.2 Å². The summed E-state index contributed by atoms with van der Waals surface area (Å²) in [5.41, 5.74) is 0.678. The van der Waals surface area contributed by atoms with E-state index in [1.807, 2.05) is 52.7 Å². The number of benzene rings is 1. The quantitative estimate of drug-likeness (QED) is 0.930. The van der Waals surface area contributed by atoms with Gasteiger partial charge in [-0.1, -0.05) is 24.3 Å². The van der Waals surface area contributed by atoms with Crippen LogP contribution in [0.3, 0.4) is 0 Å². The van der Waals surface area contributed by atoms with E-state index in [9.17, 15) is 9.59 Å². The summed E-state index contributed by atoms with van der Waals surface area (Å²) in [6.45, 7) is 0.840. The van der Waals surface area contributed by atoms with Crippen LogP contribution in [0.5, 0.6) is 0 Å². The number of amides is 2. The van der Waals surface area contributed by atoms with Gasteiger partial charge in [-0.05, 0) is 42.3 Å². The van der Waals surface area contributed by atoms with Crippen LogP contribution < -0.4 is 5.32 Å². The summed E-state index contributed by atoms with van der Waals surface area (Å²) in [6, 6.07) is 13.5. The molecule has 1 saturated heterocycles. The van der Waals surface area contributed by atoms with Crippen molar-refractivity contribution in [1.29, 1.82) is 0 Å². The molecular weight excluding hydrogens is 320 g/mol. The summed E-state index contributed by atoms with van der Waals surface area (Å²) in [6.07, 6.45) is 2.46. The number of hydrogen-bond acceptors (Lipinski definition) is 3. The van der Waals surface area contributed by atoms with Gasteiger partial charge in [0.25, 0.3) is 5.91 Å². The molecule has 4 nitrogen and oxygen atoms in total. The Balaban J connectivity index is 1.41. The fraction of sp³-hybridized carbons (Fsp3) is 0.368. The minimum Gasteiger partial charge on any atom is -0.347 e. The molecule has 1 aromatic heterocycles. The van der Waals surface area contributed by atoms with E-state index in [0.717, 1.165) is 24.3 Å². The highest BCUT2D eigenvalue weighted by molar-refractivity contribution is 7.10. The van der Waals surface area contributed by atoms with Crippen LogP contribution in [-0.2, 0) is 11.2 Å². The lowest BCUT2D eigenvalue weighted by molar-refractivity contribution is -0.132. The van der Waals surface area contributed by atoms with E-state index in [4.69, 9.17) is 0 Å². The van der Waals surface area contributed by atoms with E-state index >= 15 is 0 Å². The average molecular weight is 340 g/mol. The maximum Gasteiger partial charge on any atom is 0.251 e. The number of hydrogen-bond donors (Lipinski definition) is 1. The Labute approximate surface area is 145 Å². The van der Waals surface area contributed by atoms with Gasteiger partial charge in [-0.15, -0.1) is 11.3 Å². The van der Waals surface area contributed by atoms with Crippen molar-refractivity contribution in [3.8, 4) is 0 Å². The molecule has 2 bridgehead atoms. The van der Waals surface area contributed by atoms with Gasteiger partial charge in [0.1, 0.15) is 0 Å². The van der Waals surface area contributed by atoms with Crippen molar-refractivity contribution < 1.29 is 9.59 Å². The monoisotopic (exact) mass is 340 g/mol. The molecule has 1 N–H and O–H groups in total. The number of nitrogens with zero attached hydrogens (tertiary/aromatic N) is 1. The fourth-order valence-electron chi connectivity index (χ4n) is 3.97. The molecule has 4 rings (SSSR count). The minimum atomic E-state index is -0.0428.